The number of carbonyl (C=O) groups is 2. The van der Waals surface area contributed by atoms with Crippen molar-refractivity contribution < 1.29 is 14.7 Å². The molecule has 0 bridgehead atoms. The Morgan fingerprint density at radius 3 is 2.68 bits per heavy atom. The van der Waals surface area contributed by atoms with Crippen LogP contribution in [0.4, 0.5) is 5.69 Å². The van der Waals surface area contributed by atoms with Gasteiger partial charge in [-0.3, -0.25) is 9.59 Å². The highest BCUT2D eigenvalue weighted by molar-refractivity contribution is 5.97. The van der Waals surface area contributed by atoms with Crippen LogP contribution in [0.25, 0.3) is 0 Å². The molecule has 1 fully saturated rings. The third-order valence-corrected chi connectivity index (χ3v) is 3.48. The monoisotopic (exact) mass is 263 g/mol. The van der Waals surface area contributed by atoms with Gasteiger partial charge >= 0.3 is 5.97 Å². The van der Waals surface area contributed by atoms with Gasteiger partial charge in [-0.1, -0.05) is 12.8 Å². The first-order chi connectivity index (χ1) is 9.02. The van der Waals surface area contributed by atoms with E-state index in [1.54, 1.807) is 12.1 Å². The van der Waals surface area contributed by atoms with Crippen LogP contribution < -0.4 is 11.1 Å². The molecule has 0 aromatic carbocycles. The van der Waals surface area contributed by atoms with Crippen LogP contribution in [-0.4, -0.2) is 27.5 Å². The van der Waals surface area contributed by atoms with E-state index >= 15 is 0 Å². The van der Waals surface area contributed by atoms with E-state index in [-0.39, 0.29) is 12.1 Å². The minimum Gasteiger partial charge on any atom is -0.481 e. The first-order valence-corrected chi connectivity index (χ1v) is 6.27. The van der Waals surface area contributed by atoms with Gasteiger partial charge in [-0.05, 0) is 25.0 Å². The number of carboxylic acid groups (broad SMARTS) is 1. The van der Waals surface area contributed by atoms with Crippen LogP contribution >= 0.6 is 0 Å². The van der Waals surface area contributed by atoms with Gasteiger partial charge in [-0.15, -0.1) is 0 Å². The zero-order chi connectivity index (χ0) is 13.9. The van der Waals surface area contributed by atoms with E-state index in [2.05, 4.69) is 10.3 Å². The highest BCUT2D eigenvalue weighted by Gasteiger charge is 2.38. The number of amides is 1. The van der Waals surface area contributed by atoms with Crippen molar-refractivity contribution >= 4 is 17.6 Å². The van der Waals surface area contributed by atoms with Gasteiger partial charge in [0.1, 0.15) is 0 Å². The summed E-state index contributed by atoms with van der Waals surface area (Å²) in [6.45, 7) is 0. The molecule has 102 valence electrons. The molecule has 0 atom stereocenters. The molecule has 0 saturated heterocycles. The number of hydrogen-bond acceptors (Lipinski definition) is 4. The van der Waals surface area contributed by atoms with E-state index in [1.165, 1.54) is 6.20 Å². The summed E-state index contributed by atoms with van der Waals surface area (Å²) >= 11 is 0. The maximum atomic E-state index is 12.2. The van der Waals surface area contributed by atoms with Crippen LogP contribution in [0.3, 0.4) is 0 Å². The van der Waals surface area contributed by atoms with Crippen molar-refractivity contribution in [3.63, 3.8) is 0 Å². The minimum absolute atomic E-state index is 0.0640. The van der Waals surface area contributed by atoms with Gasteiger partial charge in [0, 0.05) is 6.20 Å². The summed E-state index contributed by atoms with van der Waals surface area (Å²) in [6, 6.07) is 3.25. The quantitative estimate of drug-likeness (QED) is 0.756. The lowest BCUT2D eigenvalue weighted by Crippen LogP contribution is -2.48. The van der Waals surface area contributed by atoms with Gasteiger partial charge in [0.2, 0.25) is 0 Å². The number of nitrogen functional groups attached to an aromatic ring is 1. The van der Waals surface area contributed by atoms with E-state index in [1.807, 2.05) is 0 Å². The Hall–Kier alpha value is -2.11. The van der Waals surface area contributed by atoms with Crippen LogP contribution in [0.5, 0.6) is 0 Å². The standard InChI is InChI=1S/C13H17N3O3/c14-9-4-3-7-15-11(9)12(19)16-13(8-10(17)18)5-1-2-6-13/h3-4,7H,1-2,5-6,8,14H2,(H,16,19)(H,17,18). The fourth-order valence-corrected chi connectivity index (χ4v) is 2.59. The topological polar surface area (TPSA) is 105 Å². The Balaban J connectivity index is 2.16. The Labute approximate surface area is 111 Å². The maximum Gasteiger partial charge on any atom is 0.305 e. The molecule has 0 aliphatic heterocycles. The molecular formula is C13H17N3O3. The van der Waals surface area contributed by atoms with E-state index in [9.17, 15) is 9.59 Å². The largest absolute Gasteiger partial charge is 0.481 e. The van der Waals surface area contributed by atoms with E-state index < -0.39 is 17.4 Å². The van der Waals surface area contributed by atoms with Gasteiger partial charge in [0.25, 0.3) is 5.91 Å². The number of rotatable bonds is 4. The fraction of sp³-hybridized carbons (Fsp3) is 0.462. The molecule has 1 aliphatic rings. The molecule has 4 N–H and O–H groups in total. The molecule has 1 aliphatic carbocycles. The highest BCUT2D eigenvalue weighted by atomic mass is 16.4. The van der Waals surface area contributed by atoms with Crippen molar-refractivity contribution in [1.29, 1.82) is 0 Å². The molecule has 6 nitrogen and oxygen atoms in total. The third kappa shape index (κ3) is 3.01. The predicted molar refractivity (Wildman–Crippen MR) is 69.6 cm³/mol. The summed E-state index contributed by atoms with van der Waals surface area (Å²) in [7, 11) is 0. The molecular weight excluding hydrogens is 246 g/mol. The highest BCUT2D eigenvalue weighted by Crippen LogP contribution is 2.33. The SMILES string of the molecule is Nc1cccnc1C(=O)NC1(CC(=O)O)CCCC1. The second-order valence-electron chi connectivity index (χ2n) is 4.95. The second kappa shape index (κ2) is 5.26. The Morgan fingerprint density at radius 1 is 1.42 bits per heavy atom. The first kappa shape index (κ1) is 13.3. The van der Waals surface area contributed by atoms with Crippen LogP contribution in [0.15, 0.2) is 18.3 Å². The Morgan fingerprint density at radius 2 is 2.11 bits per heavy atom. The van der Waals surface area contributed by atoms with E-state index in [0.717, 1.165) is 12.8 Å². The summed E-state index contributed by atoms with van der Waals surface area (Å²) in [5, 5.41) is 11.8. The van der Waals surface area contributed by atoms with Crippen molar-refractivity contribution in [2.24, 2.45) is 0 Å². The average molecular weight is 263 g/mol. The first-order valence-electron chi connectivity index (χ1n) is 6.27. The number of carbonyl (C=O) groups excluding carboxylic acids is 1. The molecule has 1 amide bonds. The molecule has 0 unspecified atom stereocenters. The van der Waals surface area contributed by atoms with Crippen molar-refractivity contribution in [2.45, 2.75) is 37.6 Å². The van der Waals surface area contributed by atoms with Crippen LogP contribution in [0.1, 0.15) is 42.6 Å². The number of carboxylic acids is 1. The minimum atomic E-state index is -0.906. The van der Waals surface area contributed by atoms with Gasteiger partial charge in [0.05, 0.1) is 17.6 Å². The Bertz CT molecular complexity index is 496. The predicted octanol–water partition coefficient (Wildman–Crippen LogP) is 1.18. The molecule has 1 aromatic heterocycles. The van der Waals surface area contributed by atoms with Crippen LogP contribution in [-0.2, 0) is 4.79 Å². The van der Waals surface area contributed by atoms with Crippen molar-refractivity contribution in [3.8, 4) is 0 Å². The summed E-state index contributed by atoms with van der Waals surface area (Å²) < 4.78 is 0. The summed E-state index contributed by atoms with van der Waals surface area (Å²) in [5.74, 6) is -1.31. The van der Waals surface area contributed by atoms with E-state index in [0.29, 0.717) is 18.5 Å². The molecule has 1 heterocycles. The van der Waals surface area contributed by atoms with Crippen molar-refractivity contribution in [1.82, 2.24) is 10.3 Å². The normalized spacial score (nSPS) is 17.1. The zero-order valence-corrected chi connectivity index (χ0v) is 10.6. The molecule has 0 spiro atoms. The maximum absolute atomic E-state index is 12.2. The van der Waals surface area contributed by atoms with Crippen LogP contribution in [0.2, 0.25) is 0 Å². The third-order valence-electron chi connectivity index (χ3n) is 3.48. The lowest BCUT2D eigenvalue weighted by molar-refractivity contribution is -0.138. The molecule has 1 aromatic rings. The van der Waals surface area contributed by atoms with Gasteiger partial charge in [-0.2, -0.15) is 0 Å². The van der Waals surface area contributed by atoms with Crippen molar-refractivity contribution in [2.75, 3.05) is 5.73 Å². The number of nitrogens with one attached hydrogen (secondary N) is 1. The molecule has 1 saturated carbocycles. The van der Waals surface area contributed by atoms with Crippen molar-refractivity contribution in [3.05, 3.63) is 24.0 Å². The molecule has 0 radical (unpaired) electrons. The summed E-state index contributed by atoms with van der Waals surface area (Å²) in [4.78, 5) is 27.1. The van der Waals surface area contributed by atoms with Gasteiger partial charge in [0.15, 0.2) is 5.69 Å². The number of pyridine rings is 1. The number of anilines is 1. The van der Waals surface area contributed by atoms with E-state index in [4.69, 9.17) is 10.8 Å². The number of aromatic nitrogens is 1. The Kier molecular flexibility index (Phi) is 3.69. The number of hydrogen-bond donors (Lipinski definition) is 3. The number of nitrogens with two attached hydrogens (primary N) is 1. The average Bonchev–Trinajstić information content (AvgIpc) is 2.76. The van der Waals surface area contributed by atoms with Crippen LogP contribution in [0, 0.1) is 0 Å². The fourth-order valence-electron chi connectivity index (χ4n) is 2.59. The van der Waals surface area contributed by atoms with Gasteiger partial charge < -0.3 is 16.2 Å². The second-order valence-corrected chi connectivity index (χ2v) is 4.95. The molecule has 2 rings (SSSR count). The number of nitrogens with zero attached hydrogens (tertiary/aromatic N) is 1. The number of aliphatic carboxylic acids is 1. The molecule has 6 heteroatoms. The molecule has 19 heavy (non-hydrogen) atoms. The zero-order valence-electron chi connectivity index (χ0n) is 10.6. The lowest BCUT2D eigenvalue weighted by Gasteiger charge is -2.28. The van der Waals surface area contributed by atoms with Gasteiger partial charge in [-0.25, -0.2) is 4.98 Å². The smallest absolute Gasteiger partial charge is 0.305 e. The summed E-state index contributed by atoms with van der Waals surface area (Å²) in [5.41, 5.74) is 5.49. The summed E-state index contributed by atoms with van der Waals surface area (Å²) in [6.07, 6.45) is 4.63. The lowest BCUT2D eigenvalue weighted by atomic mass is 9.93.